The number of H-pyrrole nitrogens is 3. The van der Waals surface area contributed by atoms with Gasteiger partial charge in [-0.1, -0.05) is 126 Å². The molecule has 3 heterocycles. The first-order valence-electron chi connectivity index (χ1n) is 20.2. The number of hydrogen-bond donors (Lipinski definition) is 6. The van der Waals surface area contributed by atoms with Crippen molar-refractivity contribution in [2.24, 2.45) is 0 Å². The third-order valence-corrected chi connectivity index (χ3v) is 14.4. The molecule has 0 saturated carbocycles. The normalized spacial score (nSPS) is 12.1. The number of aromatic nitrogens is 6. The summed E-state index contributed by atoms with van der Waals surface area (Å²) in [6, 6.07) is 38.6. The van der Waals surface area contributed by atoms with Crippen molar-refractivity contribution in [3.8, 4) is 33.4 Å². The number of alkyl halides is 3. The highest BCUT2D eigenvalue weighted by atomic mass is 35.5. The van der Waals surface area contributed by atoms with Gasteiger partial charge in [0.1, 0.15) is 0 Å². The molecule has 6 aromatic carbocycles. The van der Waals surface area contributed by atoms with E-state index in [1.54, 1.807) is 56.3 Å². The van der Waals surface area contributed by atoms with Crippen molar-refractivity contribution in [1.82, 2.24) is 30.6 Å². The number of fused-ring (bicyclic) bond motifs is 3. The van der Waals surface area contributed by atoms with Crippen molar-refractivity contribution in [1.29, 1.82) is 0 Å². The van der Waals surface area contributed by atoms with E-state index >= 15 is 0 Å². The number of nitrogens with zero attached hydrogens (tertiary/aromatic N) is 3. The summed E-state index contributed by atoms with van der Waals surface area (Å²) in [5, 5.41) is 22.6. The molecule has 0 aliphatic rings. The second kappa shape index (κ2) is 20.3. The zero-order chi connectivity index (χ0) is 49.9. The first-order valence-corrected chi connectivity index (χ1v) is 26.4. The number of halogens is 6. The van der Waals surface area contributed by atoms with Crippen LogP contribution in [0.15, 0.2) is 127 Å². The van der Waals surface area contributed by atoms with Crippen LogP contribution >= 0.6 is 34.8 Å². The summed E-state index contributed by atoms with van der Waals surface area (Å²) in [4.78, 5) is 0. The summed E-state index contributed by atoms with van der Waals surface area (Å²) in [6.45, 7) is 3.23. The number of aromatic amines is 3. The van der Waals surface area contributed by atoms with Gasteiger partial charge in [0.25, 0.3) is 0 Å². The molecule has 0 atom stereocenters. The van der Waals surface area contributed by atoms with E-state index in [1.165, 1.54) is 6.07 Å². The molecule has 69 heavy (non-hydrogen) atoms. The molecule has 0 unspecified atom stereocenters. The van der Waals surface area contributed by atoms with Crippen molar-refractivity contribution in [3.05, 3.63) is 142 Å². The van der Waals surface area contributed by atoms with Gasteiger partial charge in [-0.15, -0.1) is 0 Å². The summed E-state index contributed by atoms with van der Waals surface area (Å²) < 4.78 is 114. The molecule has 0 saturated heterocycles. The summed E-state index contributed by atoms with van der Waals surface area (Å²) in [5.41, 5.74) is 6.69. The van der Waals surface area contributed by atoms with Gasteiger partial charge in [-0.05, 0) is 66.9 Å². The van der Waals surface area contributed by atoms with E-state index in [0.717, 1.165) is 34.1 Å². The first kappa shape index (κ1) is 50.5. The van der Waals surface area contributed by atoms with E-state index in [9.17, 15) is 38.4 Å². The van der Waals surface area contributed by atoms with E-state index < -0.39 is 47.2 Å². The van der Waals surface area contributed by atoms with Crippen LogP contribution in [-0.2, 0) is 30.1 Å². The lowest BCUT2D eigenvalue weighted by atomic mass is 10.0. The van der Waals surface area contributed by atoms with Crippen LogP contribution in [0.25, 0.3) is 66.1 Å². The molecule has 15 nitrogen and oxygen atoms in total. The molecule has 360 valence electrons. The standard InChI is InChI=1S/C16H16ClN3O2S.C15H11ClF3N3O2S.C14H12ClN3O2S/c1-10(2)23(21,22)20-16-13-8-12(11-6-4-3-5-7-11)14(17)9-15(13)18-19-16;16-12-7-13-11(6-10(12)9-4-2-1-3-5-9)14(21-20-13)22-25(23,24)8-15(17,18)19;1-21(19,20)18-14-11-7-10(9-5-3-2-4-6-9)12(15)8-13(11)16-17-14/h3-10H,1-2H3,(H2,18,19,20);1-7H,8H2,(H2,20,21,22);2-8H,1H3,(H2,16,17,18). The first-order chi connectivity index (χ1) is 32.5. The molecular formula is C45H39Cl3F3N9O6S3. The Bertz CT molecular complexity index is 3640. The minimum atomic E-state index is -4.85. The minimum absolute atomic E-state index is 0.215. The van der Waals surface area contributed by atoms with Crippen molar-refractivity contribution in [3.63, 3.8) is 0 Å². The average molecular weight is 1060 g/mol. The Kier molecular flexibility index (Phi) is 14.9. The highest BCUT2D eigenvalue weighted by Crippen LogP contribution is 2.37. The molecule has 0 bridgehead atoms. The minimum Gasteiger partial charge on any atom is -0.276 e. The predicted molar refractivity (Wildman–Crippen MR) is 269 cm³/mol. The van der Waals surface area contributed by atoms with Crippen LogP contribution in [0, 0.1) is 0 Å². The second-order valence-electron chi connectivity index (χ2n) is 15.5. The van der Waals surface area contributed by atoms with Crippen LogP contribution in [0.3, 0.4) is 0 Å². The number of benzene rings is 6. The molecule has 3 aromatic heterocycles. The number of rotatable bonds is 11. The molecule has 9 rings (SSSR count). The van der Waals surface area contributed by atoms with E-state index in [-0.39, 0.29) is 17.5 Å². The molecule has 0 amide bonds. The third kappa shape index (κ3) is 12.7. The van der Waals surface area contributed by atoms with Crippen molar-refractivity contribution < 1.29 is 38.4 Å². The van der Waals surface area contributed by atoms with Crippen LogP contribution < -0.4 is 14.2 Å². The van der Waals surface area contributed by atoms with Gasteiger partial charge in [0.15, 0.2) is 23.2 Å². The number of sulfonamides is 3. The SMILES string of the molecule is CC(C)S(=O)(=O)Nc1n[nH]c2cc(Cl)c(-c3ccccc3)cc12.CS(=O)(=O)Nc1n[nH]c2cc(Cl)c(-c3ccccc3)cc12.O=S(=O)(CC(F)(F)F)Nc1n[nH]c2cc(Cl)c(-c3ccccc3)cc12. The summed E-state index contributed by atoms with van der Waals surface area (Å²) in [7, 11) is -11.5. The molecular weight excluding hydrogens is 1020 g/mol. The summed E-state index contributed by atoms with van der Waals surface area (Å²) in [6.07, 6.45) is -3.77. The molecule has 0 fully saturated rings. The Morgan fingerprint density at radius 2 is 0.841 bits per heavy atom. The fourth-order valence-corrected chi connectivity index (χ4v) is 9.63. The Labute approximate surface area is 408 Å². The number of hydrogen-bond acceptors (Lipinski definition) is 9. The molecule has 0 aliphatic heterocycles. The van der Waals surface area contributed by atoms with Gasteiger partial charge < -0.3 is 0 Å². The van der Waals surface area contributed by atoms with Crippen LogP contribution in [0.1, 0.15) is 13.8 Å². The molecule has 0 aliphatic carbocycles. The fraction of sp³-hybridized carbons (Fsp3) is 0.133. The zero-order valence-electron chi connectivity index (χ0n) is 36.2. The lowest BCUT2D eigenvalue weighted by Gasteiger charge is -2.09. The van der Waals surface area contributed by atoms with Crippen LogP contribution in [0.2, 0.25) is 15.1 Å². The van der Waals surface area contributed by atoms with Crippen LogP contribution in [0.4, 0.5) is 30.6 Å². The number of anilines is 3. The Morgan fingerprint density at radius 1 is 0.522 bits per heavy atom. The van der Waals surface area contributed by atoms with Gasteiger partial charge in [0, 0.05) is 32.8 Å². The van der Waals surface area contributed by atoms with Gasteiger partial charge in [0.05, 0.1) is 43.1 Å². The average Bonchev–Trinajstić information content (AvgIpc) is 3.97. The monoisotopic (exact) mass is 1060 g/mol. The van der Waals surface area contributed by atoms with E-state index in [1.807, 2.05) is 83.6 Å². The van der Waals surface area contributed by atoms with Crippen molar-refractivity contribution >= 4 is 115 Å². The Balaban J connectivity index is 0.000000153. The quantitative estimate of drug-likeness (QED) is 0.0723. The number of nitrogens with one attached hydrogen (secondary N) is 6. The lowest BCUT2D eigenvalue weighted by molar-refractivity contribution is -0.106. The Morgan fingerprint density at radius 3 is 1.14 bits per heavy atom. The maximum atomic E-state index is 12.4. The highest BCUT2D eigenvalue weighted by Gasteiger charge is 2.36. The zero-order valence-corrected chi connectivity index (χ0v) is 40.9. The Hall–Kier alpha value is -6.36. The molecule has 0 radical (unpaired) electrons. The smallest absolute Gasteiger partial charge is 0.276 e. The molecule has 6 N–H and O–H groups in total. The van der Waals surface area contributed by atoms with Crippen molar-refractivity contribution in [2.75, 3.05) is 26.2 Å². The summed E-state index contributed by atoms with van der Waals surface area (Å²) in [5.74, 6) is -1.66. The fourth-order valence-electron chi connectivity index (χ4n) is 6.69. The van der Waals surface area contributed by atoms with Gasteiger partial charge in [-0.3, -0.25) is 29.5 Å². The second-order valence-corrected chi connectivity index (χ2v) is 22.4. The van der Waals surface area contributed by atoms with Crippen LogP contribution in [-0.4, -0.2) is 79.3 Å². The maximum absolute atomic E-state index is 12.4. The highest BCUT2D eigenvalue weighted by molar-refractivity contribution is 7.93. The van der Waals surface area contributed by atoms with E-state index in [0.29, 0.717) is 53.3 Å². The topological polar surface area (TPSA) is 225 Å². The van der Waals surface area contributed by atoms with Crippen molar-refractivity contribution in [2.45, 2.75) is 25.3 Å². The molecule has 9 aromatic rings. The van der Waals surface area contributed by atoms with Gasteiger partial charge in [-0.25, -0.2) is 25.3 Å². The van der Waals surface area contributed by atoms with Gasteiger partial charge in [0.2, 0.25) is 30.1 Å². The van der Waals surface area contributed by atoms with E-state index in [2.05, 4.69) is 40.0 Å². The van der Waals surface area contributed by atoms with Gasteiger partial charge >= 0.3 is 6.18 Å². The molecule has 0 spiro atoms. The van der Waals surface area contributed by atoms with Gasteiger partial charge in [-0.2, -0.15) is 28.5 Å². The van der Waals surface area contributed by atoms with Crippen LogP contribution in [0.5, 0.6) is 0 Å². The summed E-state index contributed by atoms with van der Waals surface area (Å²) >= 11 is 18.9. The molecule has 24 heteroatoms. The lowest BCUT2D eigenvalue weighted by Crippen LogP contribution is -2.28. The maximum Gasteiger partial charge on any atom is 0.404 e. The predicted octanol–water partition coefficient (Wildman–Crippen LogP) is 11.5. The largest absolute Gasteiger partial charge is 0.404 e. The third-order valence-electron chi connectivity index (χ3n) is 9.95. The van der Waals surface area contributed by atoms with E-state index in [4.69, 9.17) is 34.8 Å².